The number of urea groups is 1. The molecule has 0 aliphatic carbocycles. The Kier molecular flexibility index (Phi) is 4.83. The zero-order chi connectivity index (χ0) is 19.7. The van der Waals surface area contributed by atoms with Gasteiger partial charge in [0.2, 0.25) is 0 Å². The summed E-state index contributed by atoms with van der Waals surface area (Å²) < 4.78 is 15.1. The monoisotopic (exact) mass is 394 g/mol. The number of halogens is 1. The molecule has 2 amide bonds. The van der Waals surface area contributed by atoms with Crippen molar-refractivity contribution in [2.45, 2.75) is 20.4 Å². The van der Waals surface area contributed by atoms with Crippen LogP contribution in [0.5, 0.6) is 0 Å². The van der Waals surface area contributed by atoms with Crippen LogP contribution in [0.1, 0.15) is 16.1 Å². The van der Waals surface area contributed by atoms with Crippen molar-refractivity contribution < 1.29 is 9.18 Å². The lowest BCUT2D eigenvalue weighted by Crippen LogP contribution is -2.28. The second kappa shape index (κ2) is 7.44. The molecule has 2 N–H and O–H groups in total. The number of nitrogens with one attached hydrogen (secondary N) is 2. The van der Waals surface area contributed by atoms with Crippen molar-refractivity contribution in [3.63, 3.8) is 0 Å². The van der Waals surface area contributed by atoms with Gasteiger partial charge in [0.05, 0.1) is 12.2 Å². The fourth-order valence-electron chi connectivity index (χ4n) is 2.98. The van der Waals surface area contributed by atoms with Crippen molar-refractivity contribution >= 4 is 28.0 Å². The first kappa shape index (κ1) is 18.2. The highest BCUT2D eigenvalue weighted by Gasteiger charge is 2.13. The molecule has 0 radical (unpaired) electrons. The Hall–Kier alpha value is -3.19. The molecule has 142 valence electrons. The van der Waals surface area contributed by atoms with E-state index >= 15 is 0 Å². The molecule has 7 heteroatoms. The highest BCUT2D eigenvalue weighted by molar-refractivity contribution is 7.17. The number of imidazole rings is 1. The Morgan fingerprint density at radius 1 is 1.18 bits per heavy atom. The highest BCUT2D eigenvalue weighted by Crippen LogP contribution is 2.27. The molecular weight excluding hydrogens is 375 g/mol. The number of aromatic nitrogens is 2. The van der Waals surface area contributed by atoms with Gasteiger partial charge in [-0.2, -0.15) is 0 Å². The molecule has 28 heavy (non-hydrogen) atoms. The molecule has 0 aliphatic heterocycles. The first-order chi connectivity index (χ1) is 13.5. The largest absolute Gasteiger partial charge is 0.333 e. The molecule has 0 fully saturated rings. The summed E-state index contributed by atoms with van der Waals surface area (Å²) >= 11 is 1.53. The average molecular weight is 394 g/mol. The van der Waals surface area contributed by atoms with Crippen LogP contribution in [0, 0.1) is 19.7 Å². The number of nitrogens with zero attached hydrogens (tertiary/aromatic N) is 2. The number of hydrogen-bond donors (Lipinski definition) is 2. The molecule has 5 nitrogen and oxygen atoms in total. The maximum atomic E-state index is 13.1. The maximum Gasteiger partial charge on any atom is 0.319 e. The summed E-state index contributed by atoms with van der Waals surface area (Å²) in [5, 5.41) is 5.73. The number of aryl methyl sites for hydroxylation is 2. The lowest BCUT2D eigenvalue weighted by Gasteiger charge is -2.07. The first-order valence-corrected chi connectivity index (χ1v) is 9.66. The zero-order valence-electron chi connectivity index (χ0n) is 15.5. The molecular formula is C21H19FN4OS. The van der Waals surface area contributed by atoms with Crippen LogP contribution in [0.15, 0.2) is 54.7 Å². The summed E-state index contributed by atoms with van der Waals surface area (Å²) in [6.45, 7) is 4.40. The van der Waals surface area contributed by atoms with E-state index in [1.165, 1.54) is 23.5 Å². The Labute approximate surface area is 165 Å². The van der Waals surface area contributed by atoms with Crippen molar-refractivity contribution in [2.75, 3.05) is 5.32 Å². The van der Waals surface area contributed by atoms with E-state index in [1.807, 2.05) is 48.7 Å². The molecule has 0 saturated carbocycles. The van der Waals surface area contributed by atoms with E-state index in [0.29, 0.717) is 6.54 Å². The summed E-state index contributed by atoms with van der Waals surface area (Å²) in [7, 11) is 0. The van der Waals surface area contributed by atoms with E-state index in [0.717, 1.165) is 38.0 Å². The SMILES string of the molecule is Cc1cccc(NC(=O)NCc2sc3nc(-c4ccc(F)cc4)cn3c2C)c1. The van der Waals surface area contributed by atoms with E-state index in [4.69, 9.17) is 0 Å². The van der Waals surface area contributed by atoms with Gasteiger partial charge in [-0.25, -0.2) is 14.2 Å². The standard InChI is InChI=1S/C21H19FN4OS/c1-13-4-3-5-17(10-13)24-20(27)23-11-19-14(2)26-12-18(25-21(26)28-19)15-6-8-16(22)9-7-15/h3-10,12H,11H2,1-2H3,(H2,23,24,27). The van der Waals surface area contributed by atoms with Crippen molar-refractivity contribution in [3.8, 4) is 11.3 Å². The van der Waals surface area contributed by atoms with Crippen molar-refractivity contribution in [2.24, 2.45) is 0 Å². The molecule has 0 unspecified atom stereocenters. The third-order valence-electron chi connectivity index (χ3n) is 4.48. The summed E-state index contributed by atoms with van der Waals surface area (Å²) in [6.07, 6.45) is 1.94. The van der Waals surface area contributed by atoms with Crippen LogP contribution < -0.4 is 10.6 Å². The minimum Gasteiger partial charge on any atom is -0.333 e. The first-order valence-electron chi connectivity index (χ1n) is 8.84. The van der Waals surface area contributed by atoms with Crippen LogP contribution in [-0.2, 0) is 6.54 Å². The fourth-order valence-corrected chi connectivity index (χ4v) is 4.02. The summed E-state index contributed by atoms with van der Waals surface area (Å²) in [5.41, 5.74) is 4.54. The number of benzene rings is 2. The van der Waals surface area contributed by atoms with Gasteiger partial charge in [0.25, 0.3) is 0 Å². The molecule has 0 saturated heterocycles. The lowest BCUT2D eigenvalue weighted by molar-refractivity contribution is 0.252. The van der Waals surface area contributed by atoms with Gasteiger partial charge in [0, 0.05) is 28.0 Å². The average Bonchev–Trinajstić information content (AvgIpc) is 3.20. The number of anilines is 1. The number of hydrogen-bond acceptors (Lipinski definition) is 3. The number of carbonyl (C=O) groups excluding carboxylic acids is 1. The molecule has 2 aromatic heterocycles. The lowest BCUT2D eigenvalue weighted by atomic mass is 10.2. The molecule has 0 atom stereocenters. The normalized spacial score (nSPS) is 11.0. The van der Waals surface area contributed by atoms with Gasteiger partial charge in [-0.15, -0.1) is 0 Å². The summed E-state index contributed by atoms with van der Waals surface area (Å²) in [6, 6.07) is 13.7. The quantitative estimate of drug-likeness (QED) is 0.503. The van der Waals surface area contributed by atoms with E-state index in [2.05, 4.69) is 15.6 Å². The van der Waals surface area contributed by atoms with E-state index < -0.39 is 0 Å². The topological polar surface area (TPSA) is 58.4 Å². The Balaban J connectivity index is 1.46. The second-order valence-electron chi connectivity index (χ2n) is 6.57. The molecule has 0 aliphatic rings. The predicted molar refractivity (Wildman–Crippen MR) is 110 cm³/mol. The van der Waals surface area contributed by atoms with Crippen LogP contribution in [-0.4, -0.2) is 15.4 Å². The highest BCUT2D eigenvalue weighted by atomic mass is 32.1. The van der Waals surface area contributed by atoms with Crippen molar-refractivity contribution in [1.82, 2.24) is 14.7 Å². The number of thiazole rings is 1. The molecule has 4 aromatic rings. The minimum atomic E-state index is -0.266. The third-order valence-corrected chi connectivity index (χ3v) is 5.64. The van der Waals surface area contributed by atoms with Gasteiger partial charge in [-0.05, 0) is 55.8 Å². The van der Waals surface area contributed by atoms with Gasteiger partial charge in [0.1, 0.15) is 5.82 Å². The van der Waals surface area contributed by atoms with Crippen LogP contribution in [0.25, 0.3) is 16.2 Å². The Morgan fingerprint density at radius 3 is 2.68 bits per heavy atom. The number of fused-ring (bicyclic) bond motifs is 1. The van der Waals surface area contributed by atoms with Crippen LogP contribution in [0.4, 0.5) is 14.9 Å². The van der Waals surface area contributed by atoms with Gasteiger partial charge in [-0.1, -0.05) is 23.5 Å². The number of rotatable bonds is 4. The Bertz CT molecular complexity index is 1150. The molecule has 0 spiro atoms. The zero-order valence-corrected chi connectivity index (χ0v) is 16.3. The van der Waals surface area contributed by atoms with Crippen LogP contribution in [0.3, 0.4) is 0 Å². The Morgan fingerprint density at radius 2 is 1.96 bits per heavy atom. The van der Waals surface area contributed by atoms with E-state index in [-0.39, 0.29) is 11.8 Å². The van der Waals surface area contributed by atoms with Gasteiger partial charge >= 0.3 is 6.03 Å². The summed E-state index contributed by atoms with van der Waals surface area (Å²) in [5.74, 6) is -0.266. The van der Waals surface area contributed by atoms with Crippen LogP contribution in [0.2, 0.25) is 0 Å². The number of carbonyl (C=O) groups is 1. The van der Waals surface area contributed by atoms with Crippen LogP contribution >= 0.6 is 11.3 Å². The second-order valence-corrected chi connectivity index (χ2v) is 7.64. The minimum absolute atomic E-state index is 0.247. The fraction of sp³-hybridized carbons (Fsp3) is 0.143. The van der Waals surface area contributed by atoms with E-state index in [9.17, 15) is 9.18 Å². The van der Waals surface area contributed by atoms with E-state index in [1.54, 1.807) is 12.1 Å². The van der Waals surface area contributed by atoms with Crippen molar-refractivity contribution in [3.05, 3.63) is 76.7 Å². The molecule has 2 heterocycles. The van der Waals surface area contributed by atoms with Gasteiger partial charge in [0.15, 0.2) is 4.96 Å². The third kappa shape index (κ3) is 3.75. The maximum absolute atomic E-state index is 13.1. The van der Waals surface area contributed by atoms with Gasteiger partial charge < -0.3 is 10.6 Å². The molecule has 0 bridgehead atoms. The van der Waals surface area contributed by atoms with Gasteiger partial charge in [-0.3, -0.25) is 4.40 Å². The number of amides is 2. The molecule has 2 aromatic carbocycles. The van der Waals surface area contributed by atoms with Crippen molar-refractivity contribution in [1.29, 1.82) is 0 Å². The molecule has 4 rings (SSSR count). The smallest absolute Gasteiger partial charge is 0.319 e. The predicted octanol–water partition coefficient (Wildman–Crippen LogP) is 5.14. The summed E-state index contributed by atoms with van der Waals surface area (Å²) in [4.78, 5) is 18.7.